The van der Waals surface area contributed by atoms with E-state index in [1.807, 2.05) is 0 Å². The molecule has 2 rings (SSSR count). The van der Waals surface area contributed by atoms with Gasteiger partial charge in [0.2, 0.25) is 0 Å². The SMILES string of the molecule is CCCNC1(C(=O)OC)CCC(N2CCOC(CC)C2)C1. The maximum Gasteiger partial charge on any atom is 0.326 e. The molecule has 1 N–H and O–H groups in total. The molecule has 0 aromatic heterocycles. The summed E-state index contributed by atoms with van der Waals surface area (Å²) in [5, 5.41) is 3.46. The second kappa shape index (κ2) is 7.56. The van der Waals surface area contributed by atoms with Crippen LogP contribution in [0.15, 0.2) is 0 Å². The van der Waals surface area contributed by atoms with Crippen LogP contribution in [0.4, 0.5) is 0 Å². The van der Waals surface area contributed by atoms with Gasteiger partial charge in [-0.3, -0.25) is 9.69 Å². The van der Waals surface area contributed by atoms with Crippen molar-refractivity contribution in [2.24, 2.45) is 0 Å². The number of nitrogens with zero attached hydrogens (tertiary/aromatic N) is 1. The number of carbonyl (C=O) groups excluding carboxylic acids is 1. The fourth-order valence-electron chi connectivity index (χ4n) is 3.63. The highest BCUT2D eigenvalue weighted by Crippen LogP contribution is 2.35. The molecule has 1 aliphatic carbocycles. The average molecular weight is 298 g/mol. The number of carbonyl (C=O) groups is 1. The molecule has 5 heteroatoms. The van der Waals surface area contributed by atoms with Gasteiger partial charge in [-0.15, -0.1) is 0 Å². The van der Waals surface area contributed by atoms with Crippen LogP contribution in [0.1, 0.15) is 46.0 Å². The molecule has 1 saturated carbocycles. The van der Waals surface area contributed by atoms with E-state index in [4.69, 9.17) is 9.47 Å². The zero-order chi connectivity index (χ0) is 15.3. The summed E-state index contributed by atoms with van der Waals surface area (Å²) in [6, 6.07) is 0.464. The van der Waals surface area contributed by atoms with Gasteiger partial charge in [0.25, 0.3) is 0 Å². The minimum atomic E-state index is -0.477. The van der Waals surface area contributed by atoms with Gasteiger partial charge in [-0.1, -0.05) is 13.8 Å². The third kappa shape index (κ3) is 3.76. The summed E-state index contributed by atoms with van der Waals surface area (Å²) in [6.07, 6.45) is 5.21. The summed E-state index contributed by atoms with van der Waals surface area (Å²) >= 11 is 0. The highest BCUT2D eigenvalue weighted by atomic mass is 16.5. The van der Waals surface area contributed by atoms with Gasteiger partial charge < -0.3 is 14.8 Å². The molecule has 3 atom stereocenters. The number of rotatable bonds is 6. The van der Waals surface area contributed by atoms with E-state index in [1.165, 1.54) is 7.11 Å². The molecular weight excluding hydrogens is 268 g/mol. The van der Waals surface area contributed by atoms with Crippen molar-refractivity contribution in [2.45, 2.75) is 63.6 Å². The molecule has 0 amide bonds. The summed E-state index contributed by atoms with van der Waals surface area (Å²) in [6.45, 7) is 7.94. The normalized spacial score (nSPS) is 34.0. The van der Waals surface area contributed by atoms with Crippen molar-refractivity contribution in [3.63, 3.8) is 0 Å². The van der Waals surface area contributed by atoms with Crippen LogP contribution < -0.4 is 5.32 Å². The smallest absolute Gasteiger partial charge is 0.326 e. The van der Waals surface area contributed by atoms with Crippen LogP contribution in [0.2, 0.25) is 0 Å². The fraction of sp³-hybridized carbons (Fsp3) is 0.938. The zero-order valence-corrected chi connectivity index (χ0v) is 13.7. The minimum Gasteiger partial charge on any atom is -0.468 e. The van der Waals surface area contributed by atoms with Crippen LogP contribution in [0.5, 0.6) is 0 Å². The topological polar surface area (TPSA) is 50.8 Å². The highest BCUT2D eigenvalue weighted by Gasteiger charge is 2.47. The fourth-order valence-corrected chi connectivity index (χ4v) is 3.63. The Bertz CT molecular complexity index is 350. The lowest BCUT2D eigenvalue weighted by Gasteiger charge is -2.37. The predicted molar refractivity (Wildman–Crippen MR) is 82.3 cm³/mol. The van der Waals surface area contributed by atoms with Gasteiger partial charge in [-0.2, -0.15) is 0 Å². The first-order valence-corrected chi connectivity index (χ1v) is 8.34. The van der Waals surface area contributed by atoms with Crippen LogP contribution in [0.3, 0.4) is 0 Å². The van der Waals surface area contributed by atoms with Gasteiger partial charge in [0.15, 0.2) is 0 Å². The quantitative estimate of drug-likeness (QED) is 0.754. The molecule has 21 heavy (non-hydrogen) atoms. The molecule has 5 nitrogen and oxygen atoms in total. The monoisotopic (exact) mass is 298 g/mol. The average Bonchev–Trinajstić information content (AvgIpc) is 2.98. The van der Waals surface area contributed by atoms with Crippen molar-refractivity contribution >= 4 is 5.97 Å². The first-order chi connectivity index (χ1) is 10.1. The maximum absolute atomic E-state index is 12.3. The largest absolute Gasteiger partial charge is 0.468 e. The Hall–Kier alpha value is -0.650. The summed E-state index contributed by atoms with van der Waals surface area (Å²) in [5.41, 5.74) is -0.477. The van der Waals surface area contributed by atoms with E-state index in [9.17, 15) is 4.79 Å². The first-order valence-electron chi connectivity index (χ1n) is 8.34. The van der Waals surface area contributed by atoms with Gasteiger partial charge in [0.1, 0.15) is 5.54 Å². The standard InChI is InChI=1S/C16H30N2O3/c1-4-8-17-16(15(19)20-3)7-6-13(11-16)18-9-10-21-14(5-2)12-18/h13-14,17H,4-12H2,1-3H3. The minimum absolute atomic E-state index is 0.0984. The molecule has 0 spiro atoms. The van der Waals surface area contributed by atoms with Crippen LogP contribution >= 0.6 is 0 Å². The van der Waals surface area contributed by atoms with E-state index in [1.54, 1.807) is 0 Å². The number of hydrogen-bond acceptors (Lipinski definition) is 5. The molecule has 1 saturated heterocycles. The van der Waals surface area contributed by atoms with Crippen LogP contribution in [-0.2, 0) is 14.3 Å². The van der Waals surface area contributed by atoms with Gasteiger partial charge in [0, 0.05) is 19.1 Å². The molecular formula is C16H30N2O3. The Morgan fingerprint density at radius 2 is 2.29 bits per heavy atom. The molecule has 0 bridgehead atoms. The number of morpholine rings is 1. The van der Waals surface area contributed by atoms with Crippen molar-refractivity contribution in [1.82, 2.24) is 10.2 Å². The van der Waals surface area contributed by atoms with Crippen molar-refractivity contribution < 1.29 is 14.3 Å². The van der Waals surface area contributed by atoms with E-state index in [2.05, 4.69) is 24.1 Å². The summed E-state index contributed by atoms with van der Waals surface area (Å²) in [4.78, 5) is 14.8. The number of nitrogens with one attached hydrogen (secondary N) is 1. The Labute approximate surface area is 128 Å². The van der Waals surface area contributed by atoms with Crippen molar-refractivity contribution in [3.05, 3.63) is 0 Å². The van der Waals surface area contributed by atoms with Crippen molar-refractivity contribution in [1.29, 1.82) is 0 Å². The summed E-state index contributed by atoms with van der Waals surface area (Å²) in [5.74, 6) is -0.0984. The number of ether oxygens (including phenoxy) is 2. The summed E-state index contributed by atoms with van der Waals surface area (Å²) in [7, 11) is 1.49. The van der Waals surface area contributed by atoms with Gasteiger partial charge in [-0.05, 0) is 38.6 Å². The highest BCUT2D eigenvalue weighted by molar-refractivity contribution is 5.81. The number of methoxy groups -OCH3 is 1. The second-order valence-corrected chi connectivity index (χ2v) is 6.29. The Morgan fingerprint density at radius 3 is 2.95 bits per heavy atom. The van der Waals surface area contributed by atoms with E-state index < -0.39 is 5.54 Å². The molecule has 0 radical (unpaired) electrons. The van der Waals surface area contributed by atoms with Crippen LogP contribution in [0, 0.1) is 0 Å². The number of esters is 1. The zero-order valence-electron chi connectivity index (χ0n) is 13.7. The molecule has 0 aromatic carbocycles. The van der Waals surface area contributed by atoms with E-state index in [-0.39, 0.29) is 5.97 Å². The van der Waals surface area contributed by atoms with E-state index in [0.29, 0.717) is 12.1 Å². The molecule has 2 aliphatic rings. The summed E-state index contributed by atoms with van der Waals surface area (Å²) < 4.78 is 10.8. The lowest BCUT2D eigenvalue weighted by molar-refractivity contribution is -0.148. The predicted octanol–water partition coefficient (Wildman–Crippen LogP) is 1.56. The van der Waals surface area contributed by atoms with Gasteiger partial charge >= 0.3 is 5.97 Å². The number of hydrogen-bond donors (Lipinski definition) is 1. The molecule has 1 aliphatic heterocycles. The molecule has 0 aromatic rings. The van der Waals surface area contributed by atoms with Crippen molar-refractivity contribution in [2.75, 3.05) is 33.4 Å². The van der Waals surface area contributed by atoms with E-state index in [0.717, 1.165) is 58.3 Å². The molecule has 2 fully saturated rings. The molecule has 3 unspecified atom stereocenters. The lowest BCUT2D eigenvalue weighted by Crippen LogP contribution is -2.53. The third-order valence-electron chi connectivity index (χ3n) is 4.92. The maximum atomic E-state index is 12.3. The van der Waals surface area contributed by atoms with Crippen LogP contribution in [-0.4, -0.2) is 61.9 Å². The Kier molecular flexibility index (Phi) is 6.02. The van der Waals surface area contributed by atoms with Gasteiger partial charge in [0.05, 0.1) is 19.8 Å². The lowest BCUT2D eigenvalue weighted by atomic mass is 9.96. The van der Waals surface area contributed by atoms with Gasteiger partial charge in [-0.25, -0.2) is 0 Å². The Morgan fingerprint density at radius 1 is 1.48 bits per heavy atom. The van der Waals surface area contributed by atoms with Crippen LogP contribution in [0.25, 0.3) is 0 Å². The third-order valence-corrected chi connectivity index (χ3v) is 4.92. The second-order valence-electron chi connectivity index (χ2n) is 6.29. The first kappa shape index (κ1) is 16.7. The molecule has 1 heterocycles. The Balaban J connectivity index is 2.00. The van der Waals surface area contributed by atoms with Crippen molar-refractivity contribution in [3.8, 4) is 0 Å². The molecule has 122 valence electrons. The van der Waals surface area contributed by atoms with E-state index >= 15 is 0 Å².